The summed E-state index contributed by atoms with van der Waals surface area (Å²) in [7, 11) is 0. The van der Waals surface area contributed by atoms with Crippen molar-refractivity contribution in [2.45, 2.75) is 45.2 Å². The van der Waals surface area contributed by atoms with Gasteiger partial charge >= 0.3 is 0 Å². The molecule has 0 aliphatic heterocycles. The third kappa shape index (κ3) is 8.80. The maximum atomic E-state index is 5.92. The minimum absolute atomic E-state index is 1.05. The summed E-state index contributed by atoms with van der Waals surface area (Å²) in [6.07, 6.45) is 5.10. The lowest BCUT2D eigenvalue weighted by molar-refractivity contribution is 0.699. The highest BCUT2D eigenvalue weighted by atomic mass is 35.7. The topological polar surface area (TPSA) is 0 Å². The van der Waals surface area contributed by atoms with Crippen molar-refractivity contribution in [3.05, 3.63) is 0 Å². The van der Waals surface area contributed by atoms with E-state index in [1.807, 2.05) is 6.55 Å². The Bertz CT molecular complexity index is 78.2. The van der Waals surface area contributed by atoms with Crippen LogP contribution in [0, 0.1) is 0 Å². The van der Waals surface area contributed by atoms with Gasteiger partial charge in [0, 0.05) is 0 Å². The molecule has 3 heteroatoms. The molecule has 0 aliphatic rings. The zero-order chi connectivity index (χ0) is 8.04. The summed E-state index contributed by atoms with van der Waals surface area (Å²) >= 11 is 11.8. The molecule has 0 saturated carbocycles. The van der Waals surface area contributed by atoms with Crippen LogP contribution in [0.4, 0.5) is 0 Å². The van der Waals surface area contributed by atoms with E-state index in [0.29, 0.717) is 0 Å². The fourth-order valence-electron chi connectivity index (χ4n) is 0.862. The summed E-state index contributed by atoms with van der Waals surface area (Å²) in [6, 6.07) is 1.05. The Labute approximate surface area is 74.3 Å². The summed E-state index contributed by atoms with van der Waals surface area (Å²) in [5, 5.41) is 0. The molecule has 0 aromatic carbocycles. The predicted octanol–water partition coefficient (Wildman–Crippen LogP) is 4.12. The van der Waals surface area contributed by atoms with Crippen LogP contribution in [0.3, 0.4) is 0 Å². The van der Waals surface area contributed by atoms with Crippen molar-refractivity contribution < 1.29 is 0 Å². The van der Waals surface area contributed by atoms with Crippen LogP contribution in [0.25, 0.3) is 0 Å². The van der Waals surface area contributed by atoms with Crippen molar-refractivity contribution in [3.8, 4) is 0 Å². The van der Waals surface area contributed by atoms with Gasteiger partial charge in [-0.1, -0.05) is 32.6 Å². The molecule has 0 amide bonds. The van der Waals surface area contributed by atoms with Crippen molar-refractivity contribution in [3.63, 3.8) is 0 Å². The quantitative estimate of drug-likeness (QED) is 0.355. The Morgan fingerprint density at radius 3 is 2.10 bits per heavy atom. The first kappa shape index (κ1) is 10.8. The summed E-state index contributed by atoms with van der Waals surface area (Å²) in [5.41, 5.74) is 0. The summed E-state index contributed by atoms with van der Waals surface area (Å²) in [4.78, 5) is 0. The second kappa shape index (κ2) is 5.45. The fraction of sp³-hybridized carbons (Fsp3) is 1.00. The van der Waals surface area contributed by atoms with Crippen molar-refractivity contribution in [2.75, 3.05) is 0 Å². The monoisotopic (exact) mass is 198 g/mol. The maximum Gasteiger partial charge on any atom is 0.248 e. The highest BCUT2D eigenvalue weighted by Crippen LogP contribution is 2.22. The van der Waals surface area contributed by atoms with Crippen LogP contribution in [0.1, 0.15) is 32.6 Å². The van der Waals surface area contributed by atoms with Crippen molar-refractivity contribution >= 4 is 28.9 Å². The van der Waals surface area contributed by atoms with E-state index in [1.165, 1.54) is 25.7 Å². The molecule has 0 heterocycles. The molecule has 0 aromatic heterocycles. The molecule has 0 spiro atoms. The predicted molar refractivity (Wildman–Crippen MR) is 52.3 cm³/mol. The van der Waals surface area contributed by atoms with Gasteiger partial charge in [0.1, 0.15) is 0 Å². The molecule has 0 radical (unpaired) electrons. The molecule has 0 atom stereocenters. The number of rotatable bonds is 5. The van der Waals surface area contributed by atoms with Gasteiger partial charge in [0.2, 0.25) is 6.69 Å². The Hall–Kier alpha value is 0.797. The van der Waals surface area contributed by atoms with Gasteiger partial charge in [0.15, 0.2) is 0 Å². The van der Waals surface area contributed by atoms with Gasteiger partial charge in [-0.2, -0.15) is 0 Å². The molecule has 0 N–H and O–H groups in total. The van der Waals surface area contributed by atoms with Gasteiger partial charge in [-0.3, -0.25) is 0 Å². The van der Waals surface area contributed by atoms with E-state index < -0.39 is 6.69 Å². The largest absolute Gasteiger partial charge is 0.248 e. The SMILES string of the molecule is CCCCCC[Si](C)(Cl)Cl. The Balaban J connectivity index is 3.04. The van der Waals surface area contributed by atoms with Crippen LogP contribution in [-0.2, 0) is 0 Å². The molecule has 0 fully saturated rings. The zero-order valence-corrected chi connectivity index (χ0v) is 9.30. The molecule has 0 nitrogen and oxygen atoms in total. The third-order valence-corrected chi connectivity index (χ3v) is 3.83. The van der Waals surface area contributed by atoms with Crippen LogP contribution in [0.5, 0.6) is 0 Å². The zero-order valence-electron chi connectivity index (χ0n) is 6.79. The van der Waals surface area contributed by atoms with Gasteiger partial charge in [0.05, 0.1) is 0 Å². The molecule has 0 saturated heterocycles. The lowest BCUT2D eigenvalue weighted by atomic mass is 10.2. The van der Waals surface area contributed by atoms with Crippen molar-refractivity contribution in [2.24, 2.45) is 0 Å². The lowest BCUT2D eigenvalue weighted by Gasteiger charge is -2.08. The number of hydrogen-bond donors (Lipinski definition) is 0. The maximum absolute atomic E-state index is 5.92. The van der Waals surface area contributed by atoms with Crippen LogP contribution < -0.4 is 0 Å². The average molecular weight is 199 g/mol. The van der Waals surface area contributed by atoms with Gasteiger partial charge in [0.25, 0.3) is 0 Å². The van der Waals surface area contributed by atoms with Crippen LogP contribution >= 0.6 is 22.2 Å². The summed E-state index contributed by atoms with van der Waals surface area (Å²) in [5.74, 6) is 0. The van der Waals surface area contributed by atoms with E-state index in [2.05, 4.69) is 6.92 Å². The first-order valence-corrected chi connectivity index (χ1v) is 8.67. The van der Waals surface area contributed by atoms with Gasteiger partial charge in [-0.05, 0) is 12.6 Å². The van der Waals surface area contributed by atoms with Gasteiger partial charge in [-0.15, -0.1) is 22.2 Å². The Morgan fingerprint density at radius 2 is 1.70 bits per heavy atom. The van der Waals surface area contributed by atoms with Gasteiger partial charge in [-0.25, -0.2) is 0 Å². The van der Waals surface area contributed by atoms with Crippen LogP contribution in [0.2, 0.25) is 12.6 Å². The minimum Gasteiger partial charge on any atom is -0.146 e. The number of unbranched alkanes of at least 4 members (excludes halogenated alkanes) is 3. The van der Waals surface area contributed by atoms with E-state index >= 15 is 0 Å². The highest BCUT2D eigenvalue weighted by Gasteiger charge is 2.19. The lowest BCUT2D eigenvalue weighted by Crippen LogP contribution is -2.11. The molecular formula is C7H16Cl2Si. The van der Waals surface area contributed by atoms with E-state index in [0.717, 1.165) is 6.04 Å². The van der Waals surface area contributed by atoms with E-state index in [1.54, 1.807) is 0 Å². The molecule has 0 aromatic rings. The fourth-order valence-corrected chi connectivity index (χ4v) is 2.53. The van der Waals surface area contributed by atoms with E-state index in [-0.39, 0.29) is 0 Å². The molecule has 62 valence electrons. The molecule has 10 heavy (non-hydrogen) atoms. The molecule has 0 rings (SSSR count). The second-order valence-corrected chi connectivity index (χ2v) is 11.1. The van der Waals surface area contributed by atoms with Crippen molar-refractivity contribution in [1.29, 1.82) is 0 Å². The normalized spacial score (nSPS) is 12.0. The van der Waals surface area contributed by atoms with Crippen LogP contribution in [-0.4, -0.2) is 6.69 Å². The molecule has 0 aliphatic carbocycles. The first-order chi connectivity index (χ1) is 4.56. The van der Waals surface area contributed by atoms with E-state index in [4.69, 9.17) is 22.2 Å². The number of halogens is 2. The van der Waals surface area contributed by atoms with Crippen LogP contribution in [0.15, 0.2) is 0 Å². The second-order valence-electron chi connectivity index (χ2n) is 2.88. The molecule has 0 bridgehead atoms. The first-order valence-electron chi connectivity index (χ1n) is 3.94. The Morgan fingerprint density at radius 1 is 1.10 bits per heavy atom. The van der Waals surface area contributed by atoms with Crippen molar-refractivity contribution in [1.82, 2.24) is 0 Å². The minimum atomic E-state index is -1.76. The smallest absolute Gasteiger partial charge is 0.146 e. The average Bonchev–Trinajstić information content (AvgIpc) is 1.78. The number of hydrogen-bond acceptors (Lipinski definition) is 0. The Kier molecular flexibility index (Phi) is 5.88. The third-order valence-electron chi connectivity index (χ3n) is 1.47. The molecular weight excluding hydrogens is 183 g/mol. The summed E-state index contributed by atoms with van der Waals surface area (Å²) < 4.78 is 0. The van der Waals surface area contributed by atoms with Gasteiger partial charge < -0.3 is 0 Å². The standard InChI is InChI=1S/C7H16Cl2Si/c1-3-4-5-6-7-10(2,8)9/h3-7H2,1-2H3. The molecule has 0 unspecified atom stereocenters. The highest BCUT2D eigenvalue weighted by molar-refractivity contribution is 7.44. The summed E-state index contributed by atoms with van der Waals surface area (Å²) in [6.45, 7) is 2.43. The van der Waals surface area contributed by atoms with E-state index in [9.17, 15) is 0 Å².